The summed E-state index contributed by atoms with van der Waals surface area (Å²) in [7, 11) is 0. The largest absolute Gasteiger partial charge is 0.457 e. The van der Waals surface area contributed by atoms with Crippen molar-refractivity contribution in [3.05, 3.63) is 33.8 Å². The number of hydrogen-bond acceptors (Lipinski definition) is 4. The molecule has 20 heavy (non-hydrogen) atoms. The lowest BCUT2D eigenvalue weighted by atomic mass is 10.1. The van der Waals surface area contributed by atoms with Crippen LogP contribution < -0.4 is 0 Å². The minimum Gasteiger partial charge on any atom is -0.457 e. The molecule has 4 heteroatoms. The predicted molar refractivity (Wildman–Crippen MR) is 82.6 cm³/mol. The van der Waals surface area contributed by atoms with Crippen LogP contribution in [0.2, 0.25) is 0 Å². The number of esters is 1. The maximum Gasteiger partial charge on any atom is 0.306 e. The van der Waals surface area contributed by atoms with Crippen molar-refractivity contribution in [3.8, 4) is 0 Å². The van der Waals surface area contributed by atoms with Gasteiger partial charge in [0.05, 0.1) is 10.7 Å². The Morgan fingerprint density at radius 3 is 3.05 bits per heavy atom. The minimum atomic E-state index is -0.168. The van der Waals surface area contributed by atoms with Crippen LogP contribution in [0.4, 0.5) is 0 Å². The fourth-order valence-electron chi connectivity index (χ4n) is 2.19. The highest BCUT2D eigenvalue weighted by molar-refractivity contribution is 7.09. The summed E-state index contributed by atoms with van der Waals surface area (Å²) < 4.78 is 5.58. The maximum absolute atomic E-state index is 11.8. The van der Waals surface area contributed by atoms with Gasteiger partial charge in [-0.1, -0.05) is 12.2 Å². The molecule has 108 valence electrons. The van der Waals surface area contributed by atoms with E-state index in [9.17, 15) is 4.79 Å². The van der Waals surface area contributed by atoms with Crippen LogP contribution in [0.15, 0.2) is 23.1 Å². The minimum absolute atomic E-state index is 0.0903. The first-order valence-corrected chi connectivity index (χ1v) is 7.98. The van der Waals surface area contributed by atoms with Gasteiger partial charge in [0.25, 0.3) is 0 Å². The van der Waals surface area contributed by atoms with Gasteiger partial charge in [-0.3, -0.25) is 4.79 Å². The van der Waals surface area contributed by atoms with Gasteiger partial charge in [-0.05, 0) is 44.8 Å². The molecule has 0 N–H and O–H groups in total. The molecule has 2 rings (SSSR count). The second-order valence-corrected chi connectivity index (χ2v) is 6.17. The molecule has 0 radical (unpaired) electrons. The molecular formula is C16H21NO2S. The van der Waals surface area contributed by atoms with Gasteiger partial charge in [0.1, 0.15) is 6.10 Å². The van der Waals surface area contributed by atoms with Crippen LogP contribution in [0, 0.1) is 6.92 Å². The summed E-state index contributed by atoms with van der Waals surface area (Å²) in [5, 5.41) is 3.07. The fourth-order valence-corrected chi connectivity index (χ4v) is 2.76. The van der Waals surface area contributed by atoms with E-state index >= 15 is 0 Å². The number of ether oxygens (including phenoxy) is 1. The van der Waals surface area contributed by atoms with E-state index in [2.05, 4.69) is 17.1 Å². The van der Waals surface area contributed by atoms with Crippen molar-refractivity contribution in [2.75, 3.05) is 0 Å². The topological polar surface area (TPSA) is 39.2 Å². The Hall–Kier alpha value is -1.42. The molecule has 3 nitrogen and oxygen atoms in total. The van der Waals surface area contributed by atoms with Crippen LogP contribution in [0.1, 0.15) is 49.7 Å². The van der Waals surface area contributed by atoms with E-state index in [4.69, 9.17) is 4.74 Å². The summed E-state index contributed by atoms with van der Waals surface area (Å²) >= 11 is 1.63. The monoisotopic (exact) mass is 291 g/mol. The van der Waals surface area contributed by atoms with Gasteiger partial charge in [-0.15, -0.1) is 11.3 Å². The fraction of sp³-hybridized carbons (Fsp3) is 0.500. The number of rotatable bonds is 2. The van der Waals surface area contributed by atoms with Crippen molar-refractivity contribution in [2.24, 2.45) is 0 Å². The maximum atomic E-state index is 11.8. The number of allylic oxidation sites excluding steroid dienone is 1. The van der Waals surface area contributed by atoms with Crippen LogP contribution >= 0.6 is 11.3 Å². The van der Waals surface area contributed by atoms with Crippen LogP contribution in [0.25, 0.3) is 6.08 Å². The number of thiazole rings is 1. The Morgan fingerprint density at radius 2 is 2.30 bits per heavy atom. The van der Waals surface area contributed by atoms with E-state index in [-0.39, 0.29) is 12.1 Å². The lowest BCUT2D eigenvalue weighted by Crippen LogP contribution is -2.19. The zero-order valence-electron chi connectivity index (χ0n) is 12.1. The molecule has 0 saturated heterocycles. The second-order valence-electron chi connectivity index (χ2n) is 5.11. The van der Waals surface area contributed by atoms with Gasteiger partial charge in [-0.2, -0.15) is 0 Å². The number of carbonyl (C=O) groups excluding carboxylic acids is 1. The van der Waals surface area contributed by atoms with Gasteiger partial charge < -0.3 is 4.74 Å². The van der Waals surface area contributed by atoms with E-state index in [1.807, 2.05) is 25.3 Å². The predicted octanol–water partition coefficient (Wildman–Crippen LogP) is 4.29. The molecule has 0 fully saturated rings. The van der Waals surface area contributed by atoms with Crippen molar-refractivity contribution < 1.29 is 9.53 Å². The third kappa shape index (κ3) is 4.60. The average molecular weight is 291 g/mol. The summed E-state index contributed by atoms with van der Waals surface area (Å²) in [5.74, 6) is -0.0903. The Balaban J connectivity index is 2.11. The number of aromatic nitrogens is 1. The second kappa shape index (κ2) is 7.39. The van der Waals surface area contributed by atoms with Crippen LogP contribution in [-0.2, 0) is 9.53 Å². The lowest BCUT2D eigenvalue weighted by molar-refractivity contribution is -0.147. The molecule has 1 aliphatic rings. The highest BCUT2D eigenvalue weighted by atomic mass is 32.1. The number of aryl methyl sites for hydroxylation is 1. The standard InChI is InChI=1S/C16H21NO2S/c1-12(10-14-11-20-13(2)17-14)15-8-6-4-3-5-7-9-16(18)19-15/h4,6,10-11,15H,3,5,7-9H2,1-2H3/b6-4-,12-10+/t15-/m0/s1. The summed E-state index contributed by atoms with van der Waals surface area (Å²) in [5.41, 5.74) is 2.00. The number of carbonyl (C=O) groups is 1. The van der Waals surface area contributed by atoms with E-state index < -0.39 is 0 Å². The molecule has 0 bridgehead atoms. The van der Waals surface area contributed by atoms with Crippen molar-refractivity contribution in [3.63, 3.8) is 0 Å². The van der Waals surface area contributed by atoms with Gasteiger partial charge in [0, 0.05) is 18.2 Å². The van der Waals surface area contributed by atoms with Gasteiger partial charge in [-0.25, -0.2) is 4.98 Å². The first-order valence-electron chi connectivity index (χ1n) is 7.10. The highest BCUT2D eigenvalue weighted by Crippen LogP contribution is 2.19. The molecule has 0 aliphatic carbocycles. The summed E-state index contributed by atoms with van der Waals surface area (Å²) in [4.78, 5) is 16.2. The third-order valence-electron chi connectivity index (χ3n) is 3.31. The summed E-state index contributed by atoms with van der Waals surface area (Å²) in [6.45, 7) is 4.00. The smallest absolute Gasteiger partial charge is 0.306 e. The third-order valence-corrected chi connectivity index (χ3v) is 4.10. The van der Waals surface area contributed by atoms with Gasteiger partial charge >= 0.3 is 5.97 Å². The van der Waals surface area contributed by atoms with Crippen LogP contribution in [0.3, 0.4) is 0 Å². The quantitative estimate of drug-likeness (QED) is 0.603. The van der Waals surface area contributed by atoms with Gasteiger partial charge in [0.15, 0.2) is 0 Å². The van der Waals surface area contributed by atoms with Crippen LogP contribution in [0.5, 0.6) is 0 Å². The van der Waals surface area contributed by atoms with E-state index in [0.717, 1.165) is 42.0 Å². The summed E-state index contributed by atoms with van der Waals surface area (Å²) in [6.07, 6.45) is 10.4. The van der Waals surface area contributed by atoms with Crippen molar-refractivity contribution in [2.45, 2.75) is 52.1 Å². The number of cyclic esters (lactones) is 1. The van der Waals surface area contributed by atoms with Crippen molar-refractivity contribution in [1.82, 2.24) is 4.98 Å². The molecule has 0 spiro atoms. The number of hydrogen-bond donors (Lipinski definition) is 0. The SMILES string of the molecule is C/C(=C\c1csc(C)n1)[C@@H]1C/C=C\CCCCC(=O)O1. The molecule has 1 aliphatic heterocycles. The Labute approximate surface area is 124 Å². The molecule has 1 aromatic rings. The Kier molecular flexibility index (Phi) is 5.53. The first kappa shape index (κ1) is 15.0. The zero-order valence-corrected chi connectivity index (χ0v) is 12.9. The number of nitrogens with zero attached hydrogens (tertiary/aromatic N) is 1. The average Bonchev–Trinajstić information content (AvgIpc) is 2.82. The molecule has 1 atom stereocenters. The molecule has 1 aromatic heterocycles. The van der Waals surface area contributed by atoms with Crippen molar-refractivity contribution >= 4 is 23.4 Å². The van der Waals surface area contributed by atoms with E-state index in [0.29, 0.717) is 6.42 Å². The normalized spacial score (nSPS) is 23.2. The molecule has 0 unspecified atom stereocenters. The van der Waals surface area contributed by atoms with E-state index in [1.165, 1.54) is 0 Å². The Bertz CT molecular complexity index is 516. The molecule has 0 amide bonds. The Morgan fingerprint density at radius 1 is 1.45 bits per heavy atom. The van der Waals surface area contributed by atoms with Crippen molar-refractivity contribution in [1.29, 1.82) is 0 Å². The molecule has 0 aromatic carbocycles. The highest BCUT2D eigenvalue weighted by Gasteiger charge is 2.16. The first-order chi connectivity index (χ1) is 9.65. The lowest BCUT2D eigenvalue weighted by Gasteiger charge is -2.18. The van der Waals surface area contributed by atoms with E-state index in [1.54, 1.807) is 11.3 Å². The van der Waals surface area contributed by atoms with Crippen LogP contribution in [-0.4, -0.2) is 17.1 Å². The molecule has 2 heterocycles. The molecular weight excluding hydrogens is 270 g/mol. The molecule has 0 saturated carbocycles. The summed E-state index contributed by atoms with van der Waals surface area (Å²) in [6, 6.07) is 0. The van der Waals surface area contributed by atoms with Gasteiger partial charge in [0.2, 0.25) is 0 Å². The zero-order chi connectivity index (χ0) is 14.4.